The molecule has 1 spiro atoms. The first-order chi connectivity index (χ1) is 14.8. The second-order valence-corrected chi connectivity index (χ2v) is 9.63. The highest BCUT2D eigenvalue weighted by Crippen LogP contribution is 2.65. The van der Waals surface area contributed by atoms with Crippen molar-refractivity contribution in [3.63, 3.8) is 0 Å². The molecular formula is C23H39N3O5. The maximum atomic E-state index is 13.6. The maximum absolute atomic E-state index is 13.6. The number of hydrogen-bond donors (Lipinski definition) is 3. The van der Waals surface area contributed by atoms with Crippen molar-refractivity contribution in [2.24, 2.45) is 17.8 Å². The minimum atomic E-state index is -0.964. The quantitative estimate of drug-likeness (QED) is 0.421. The third-order valence-electron chi connectivity index (χ3n) is 7.73. The number of nitrogens with zero attached hydrogens (tertiary/aromatic N) is 1. The molecule has 0 saturated carbocycles. The maximum Gasteiger partial charge on any atom is 0.245 e. The average molecular weight is 438 g/mol. The van der Waals surface area contributed by atoms with Crippen LogP contribution in [0.5, 0.6) is 0 Å². The van der Waals surface area contributed by atoms with Gasteiger partial charge in [0.2, 0.25) is 17.7 Å². The number of fused-ring (bicyclic) bond motifs is 1. The molecule has 31 heavy (non-hydrogen) atoms. The van der Waals surface area contributed by atoms with Crippen LogP contribution in [0.4, 0.5) is 0 Å². The Morgan fingerprint density at radius 1 is 1.19 bits per heavy atom. The number of aliphatic hydroxyl groups is 1. The van der Waals surface area contributed by atoms with Gasteiger partial charge in [-0.05, 0) is 44.9 Å². The van der Waals surface area contributed by atoms with Crippen LogP contribution >= 0.6 is 0 Å². The lowest BCUT2D eigenvalue weighted by molar-refractivity contribution is -0.147. The molecule has 2 bridgehead atoms. The normalized spacial score (nSPS) is 36.0. The molecule has 3 aliphatic rings. The van der Waals surface area contributed by atoms with Crippen LogP contribution in [0, 0.1) is 17.8 Å². The zero-order chi connectivity index (χ0) is 22.8. The number of aliphatic hydroxyl groups excluding tert-OH is 1. The van der Waals surface area contributed by atoms with E-state index in [1.807, 2.05) is 13.8 Å². The van der Waals surface area contributed by atoms with Crippen LogP contribution in [-0.4, -0.2) is 71.7 Å². The summed E-state index contributed by atoms with van der Waals surface area (Å²) in [5, 5.41) is 14.8. The molecule has 0 aromatic rings. The molecular weight excluding hydrogens is 398 g/mol. The van der Waals surface area contributed by atoms with Crippen LogP contribution in [0.1, 0.15) is 65.7 Å². The lowest BCUT2D eigenvalue weighted by Gasteiger charge is -2.36. The van der Waals surface area contributed by atoms with Gasteiger partial charge in [-0.15, -0.1) is 0 Å². The predicted octanol–water partition coefficient (Wildman–Crippen LogP) is 1.21. The van der Waals surface area contributed by atoms with E-state index >= 15 is 0 Å². The fourth-order valence-electron chi connectivity index (χ4n) is 6.09. The van der Waals surface area contributed by atoms with Crippen molar-refractivity contribution >= 4 is 17.7 Å². The van der Waals surface area contributed by atoms with Gasteiger partial charge in [0.1, 0.15) is 11.6 Å². The third-order valence-corrected chi connectivity index (χ3v) is 7.73. The number of unbranched alkanes of at least 4 members (excludes halogenated alkanes) is 4. The molecule has 0 aliphatic carbocycles. The molecule has 3 saturated heterocycles. The molecule has 6 atom stereocenters. The second-order valence-electron chi connectivity index (χ2n) is 9.63. The third kappa shape index (κ3) is 3.86. The molecule has 0 aromatic heterocycles. The Labute approximate surface area is 185 Å². The Hall–Kier alpha value is -1.67. The van der Waals surface area contributed by atoms with Gasteiger partial charge in [-0.1, -0.05) is 26.7 Å². The average Bonchev–Trinajstić information content (AvgIpc) is 3.25. The van der Waals surface area contributed by atoms with Crippen molar-refractivity contribution in [3.05, 3.63) is 0 Å². The fraction of sp³-hybridized carbons (Fsp3) is 0.870. The Kier molecular flexibility index (Phi) is 7.31. The molecule has 0 aromatic carbocycles. The van der Waals surface area contributed by atoms with Crippen LogP contribution in [0.2, 0.25) is 0 Å². The van der Waals surface area contributed by atoms with E-state index < -0.39 is 29.1 Å². The van der Waals surface area contributed by atoms with Crippen LogP contribution in [-0.2, 0) is 19.1 Å². The van der Waals surface area contributed by atoms with Gasteiger partial charge >= 0.3 is 0 Å². The summed E-state index contributed by atoms with van der Waals surface area (Å²) in [4.78, 5) is 41.6. The number of ether oxygens (including phenoxy) is 1. The van der Waals surface area contributed by atoms with Gasteiger partial charge in [-0.3, -0.25) is 14.4 Å². The van der Waals surface area contributed by atoms with E-state index in [0.717, 1.165) is 25.7 Å². The summed E-state index contributed by atoms with van der Waals surface area (Å²) in [6.07, 6.45) is 5.72. The van der Waals surface area contributed by atoms with Crippen molar-refractivity contribution in [2.75, 3.05) is 26.7 Å². The van der Waals surface area contributed by atoms with Gasteiger partial charge in [0.15, 0.2) is 0 Å². The minimum Gasteiger partial charge on any atom is -0.396 e. The highest BCUT2D eigenvalue weighted by molar-refractivity contribution is 5.99. The van der Waals surface area contributed by atoms with Crippen LogP contribution < -0.4 is 10.6 Å². The molecule has 8 heteroatoms. The second kappa shape index (κ2) is 9.45. The van der Waals surface area contributed by atoms with Crippen molar-refractivity contribution in [1.82, 2.24) is 15.5 Å². The number of carbonyl (C=O) groups is 3. The van der Waals surface area contributed by atoms with Gasteiger partial charge in [0, 0.05) is 26.7 Å². The number of rotatable bonds is 11. The van der Waals surface area contributed by atoms with E-state index in [2.05, 4.69) is 17.6 Å². The fourth-order valence-corrected chi connectivity index (χ4v) is 6.09. The standard InChI is InChI=1S/C23H39N3O5/c1-5-6-8-11-25-20(29)18-23-14-15(2)22(3,31-23)16(19(28)24-4)17(23)21(30)26(18)12-9-7-10-13-27/h15-18,27H,5-14H2,1-4H3,(H,24,28)(H,25,29)/t15?,16-,17-,18?,22+,23?/m0/s1. The minimum absolute atomic E-state index is 0.0589. The van der Waals surface area contributed by atoms with Gasteiger partial charge in [0.05, 0.1) is 17.4 Å². The van der Waals surface area contributed by atoms with E-state index in [1.165, 1.54) is 0 Å². The van der Waals surface area contributed by atoms with Gasteiger partial charge < -0.3 is 25.4 Å². The van der Waals surface area contributed by atoms with Crippen molar-refractivity contribution in [2.45, 2.75) is 83.0 Å². The molecule has 3 unspecified atom stereocenters. The first-order valence-electron chi connectivity index (χ1n) is 11.9. The monoisotopic (exact) mass is 437 g/mol. The summed E-state index contributed by atoms with van der Waals surface area (Å²) >= 11 is 0. The van der Waals surface area contributed by atoms with Gasteiger partial charge in [-0.2, -0.15) is 0 Å². The number of likely N-dealkylation sites (tertiary alicyclic amines) is 1. The first-order valence-corrected chi connectivity index (χ1v) is 11.9. The number of nitrogens with one attached hydrogen (secondary N) is 2. The molecule has 176 valence electrons. The Morgan fingerprint density at radius 3 is 2.58 bits per heavy atom. The Bertz CT molecular complexity index is 701. The highest BCUT2D eigenvalue weighted by Gasteiger charge is 2.79. The summed E-state index contributed by atoms with van der Waals surface area (Å²) in [7, 11) is 1.58. The lowest BCUT2D eigenvalue weighted by Crippen LogP contribution is -2.56. The van der Waals surface area contributed by atoms with Crippen molar-refractivity contribution in [1.29, 1.82) is 0 Å². The zero-order valence-corrected chi connectivity index (χ0v) is 19.4. The molecule has 3 aliphatic heterocycles. The molecule has 0 radical (unpaired) electrons. The largest absolute Gasteiger partial charge is 0.396 e. The summed E-state index contributed by atoms with van der Waals surface area (Å²) in [6, 6.07) is -0.723. The first kappa shape index (κ1) is 24.0. The van der Waals surface area contributed by atoms with E-state index in [-0.39, 0.29) is 30.2 Å². The molecule has 3 amide bonds. The van der Waals surface area contributed by atoms with E-state index in [0.29, 0.717) is 32.4 Å². The SMILES string of the molecule is CCCCCNC(=O)C1N(CCCCCO)C(=O)[C@@H]2[C@@H](C(=O)NC)[C@]3(C)OC12CC3C. The van der Waals surface area contributed by atoms with Gasteiger partial charge in [0.25, 0.3) is 0 Å². The number of hydrogen-bond acceptors (Lipinski definition) is 5. The van der Waals surface area contributed by atoms with Crippen LogP contribution in [0.25, 0.3) is 0 Å². The summed E-state index contributed by atoms with van der Waals surface area (Å²) in [5.41, 5.74) is -1.72. The Balaban J connectivity index is 1.91. The summed E-state index contributed by atoms with van der Waals surface area (Å²) in [5.74, 6) is -1.71. The highest BCUT2D eigenvalue weighted by atomic mass is 16.5. The Morgan fingerprint density at radius 2 is 1.94 bits per heavy atom. The smallest absolute Gasteiger partial charge is 0.245 e. The summed E-state index contributed by atoms with van der Waals surface area (Å²) < 4.78 is 6.58. The molecule has 3 heterocycles. The van der Waals surface area contributed by atoms with E-state index in [9.17, 15) is 14.4 Å². The van der Waals surface area contributed by atoms with Crippen LogP contribution in [0.15, 0.2) is 0 Å². The van der Waals surface area contributed by atoms with Crippen molar-refractivity contribution in [3.8, 4) is 0 Å². The number of amides is 3. The van der Waals surface area contributed by atoms with Gasteiger partial charge in [-0.25, -0.2) is 0 Å². The predicted molar refractivity (Wildman–Crippen MR) is 116 cm³/mol. The summed E-state index contributed by atoms with van der Waals surface area (Å²) in [6.45, 7) is 7.19. The molecule has 8 nitrogen and oxygen atoms in total. The molecule has 3 N–H and O–H groups in total. The van der Waals surface area contributed by atoms with E-state index in [4.69, 9.17) is 9.84 Å². The molecule has 3 fully saturated rings. The van der Waals surface area contributed by atoms with Crippen LogP contribution in [0.3, 0.4) is 0 Å². The number of carbonyl (C=O) groups excluding carboxylic acids is 3. The lowest BCUT2D eigenvalue weighted by atomic mass is 9.62. The topological polar surface area (TPSA) is 108 Å². The van der Waals surface area contributed by atoms with E-state index in [1.54, 1.807) is 11.9 Å². The zero-order valence-electron chi connectivity index (χ0n) is 19.4. The molecule has 3 rings (SSSR count). The van der Waals surface area contributed by atoms with Crippen molar-refractivity contribution < 1.29 is 24.2 Å².